The maximum atomic E-state index is 14.6. The van der Waals surface area contributed by atoms with Gasteiger partial charge in [-0.3, -0.25) is 19.4 Å². The molecule has 4 amide bonds. The van der Waals surface area contributed by atoms with Crippen molar-refractivity contribution in [3.63, 3.8) is 0 Å². The summed E-state index contributed by atoms with van der Waals surface area (Å²) in [5.41, 5.74) is 1.19. The van der Waals surface area contributed by atoms with E-state index in [-0.39, 0.29) is 6.54 Å². The number of barbiturate groups is 1. The van der Waals surface area contributed by atoms with Gasteiger partial charge in [0.2, 0.25) is 11.8 Å². The highest BCUT2D eigenvalue weighted by Gasteiger charge is 2.38. The van der Waals surface area contributed by atoms with Crippen molar-refractivity contribution in [1.29, 1.82) is 0 Å². The van der Waals surface area contributed by atoms with Gasteiger partial charge in [0.1, 0.15) is 12.6 Å². The lowest BCUT2D eigenvalue weighted by molar-refractivity contribution is -0.143. The molecule has 8 heteroatoms. The van der Waals surface area contributed by atoms with E-state index in [1.54, 1.807) is 24.3 Å². The first-order valence-electron chi connectivity index (χ1n) is 8.64. The van der Waals surface area contributed by atoms with Crippen molar-refractivity contribution >= 4 is 41.0 Å². The molecule has 0 N–H and O–H groups in total. The summed E-state index contributed by atoms with van der Waals surface area (Å²) in [4.78, 5) is 38.7. The van der Waals surface area contributed by atoms with E-state index in [1.807, 2.05) is 0 Å². The Bertz CT molecular complexity index is 887. The summed E-state index contributed by atoms with van der Waals surface area (Å²) in [6.45, 7) is -0.356. The highest BCUT2D eigenvalue weighted by molar-refractivity contribution is 6.30. The number of halogens is 3. The topological polar surface area (TPSA) is 57.7 Å². The number of amides is 4. The molecule has 1 unspecified atom stereocenters. The second-order valence-electron chi connectivity index (χ2n) is 6.40. The molecule has 146 valence electrons. The number of rotatable bonds is 6. The second-order valence-corrected chi connectivity index (χ2v) is 7.28. The summed E-state index contributed by atoms with van der Waals surface area (Å²) >= 11 is 11.6. The largest absolute Gasteiger partial charge is 0.333 e. The van der Waals surface area contributed by atoms with Crippen LogP contribution in [0.3, 0.4) is 0 Å². The minimum Gasteiger partial charge on any atom is -0.274 e. The molecule has 2 aromatic carbocycles. The fourth-order valence-electron chi connectivity index (χ4n) is 2.91. The molecule has 0 aromatic heterocycles. The van der Waals surface area contributed by atoms with Crippen molar-refractivity contribution in [2.45, 2.75) is 19.0 Å². The molecule has 1 aliphatic rings. The van der Waals surface area contributed by atoms with Gasteiger partial charge in [0.25, 0.3) is 0 Å². The Morgan fingerprint density at radius 1 is 0.857 bits per heavy atom. The molecule has 0 aliphatic carbocycles. The van der Waals surface area contributed by atoms with Gasteiger partial charge >= 0.3 is 6.03 Å². The monoisotopic (exact) mass is 422 g/mol. The minimum absolute atomic E-state index is 0.0982. The Balaban J connectivity index is 1.68. The van der Waals surface area contributed by atoms with E-state index in [1.165, 1.54) is 24.3 Å². The molecule has 1 aliphatic heterocycles. The number of nitrogens with zero attached hydrogens (tertiary/aromatic N) is 2. The first-order valence-corrected chi connectivity index (χ1v) is 9.39. The van der Waals surface area contributed by atoms with Crippen LogP contribution < -0.4 is 0 Å². The van der Waals surface area contributed by atoms with Gasteiger partial charge in [-0.15, -0.1) is 0 Å². The lowest BCUT2D eigenvalue weighted by Gasteiger charge is -2.33. The zero-order valence-corrected chi connectivity index (χ0v) is 16.3. The molecule has 0 bridgehead atoms. The van der Waals surface area contributed by atoms with E-state index in [0.717, 1.165) is 15.4 Å². The van der Waals surface area contributed by atoms with Gasteiger partial charge in [0.15, 0.2) is 0 Å². The van der Waals surface area contributed by atoms with E-state index < -0.39 is 37.0 Å². The van der Waals surface area contributed by atoms with Crippen molar-refractivity contribution in [3.05, 3.63) is 69.7 Å². The zero-order valence-electron chi connectivity index (χ0n) is 14.8. The van der Waals surface area contributed by atoms with Crippen LogP contribution in [0.2, 0.25) is 10.0 Å². The van der Waals surface area contributed by atoms with E-state index >= 15 is 0 Å². The van der Waals surface area contributed by atoms with E-state index in [0.29, 0.717) is 22.0 Å². The third kappa shape index (κ3) is 4.69. The van der Waals surface area contributed by atoms with E-state index in [9.17, 15) is 18.8 Å². The quantitative estimate of drug-likeness (QED) is 0.647. The molecule has 1 atom stereocenters. The summed E-state index contributed by atoms with van der Waals surface area (Å²) in [6.07, 6.45) is -1.62. The number of alkyl halides is 1. The Morgan fingerprint density at radius 2 is 1.39 bits per heavy atom. The molecule has 28 heavy (non-hydrogen) atoms. The van der Waals surface area contributed by atoms with Gasteiger partial charge in [-0.1, -0.05) is 47.5 Å². The third-order valence-electron chi connectivity index (χ3n) is 4.48. The van der Waals surface area contributed by atoms with Crippen LogP contribution >= 0.6 is 23.2 Å². The van der Waals surface area contributed by atoms with Crippen LogP contribution in [0.4, 0.5) is 9.18 Å². The number of hydrogen-bond acceptors (Lipinski definition) is 3. The molecule has 5 nitrogen and oxygen atoms in total. The average Bonchev–Trinajstić information content (AvgIpc) is 2.66. The molecule has 0 saturated carbocycles. The molecule has 0 spiro atoms. The SMILES string of the molecule is O=C1CC(=O)N(CC(F)c2ccc(Cl)cc2)C(=O)N1CCc1ccc(Cl)cc1. The number of urea groups is 1. The molecule has 0 radical (unpaired) electrons. The zero-order chi connectivity index (χ0) is 20.3. The summed E-state index contributed by atoms with van der Waals surface area (Å²) in [6, 6.07) is 12.3. The molecule has 1 fully saturated rings. The van der Waals surface area contributed by atoms with Gasteiger partial charge in [0, 0.05) is 16.6 Å². The first kappa shape index (κ1) is 20.3. The predicted octanol–water partition coefficient (Wildman–Crippen LogP) is 4.43. The second kappa shape index (κ2) is 8.71. The van der Waals surface area contributed by atoms with Crippen LogP contribution in [0.1, 0.15) is 23.7 Å². The van der Waals surface area contributed by atoms with Crippen LogP contribution in [0.15, 0.2) is 48.5 Å². The Morgan fingerprint density at radius 3 is 2.00 bits per heavy atom. The normalized spacial score (nSPS) is 15.9. The fourth-order valence-corrected chi connectivity index (χ4v) is 3.16. The summed E-state index contributed by atoms with van der Waals surface area (Å²) in [7, 11) is 0. The first-order chi connectivity index (χ1) is 13.3. The molecule has 1 saturated heterocycles. The average molecular weight is 423 g/mol. The number of imide groups is 2. The van der Waals surface area contributed by atoms with Crippen molar-refractivity contribution in [3.8, 4) is 0 Å². The summed E-state index contributed by atoms with van der Waals surface area (Å²) < 4.78 is 14.6. The number of carbonyl (C=O) groups is 3. The predicted molar refractivity (Wildman–Crippen MR) is 104 cm³/mol. The number of benzene rings is 2. The lowest BCUT2D eigenvalue weighted by atomic mass is 10.1. The lowest BCUT2D eigenvalue weighted by Crippen LogP contribution is -2.56. The summed E-state index contributed by atoms with van der Waals surface area (Å²) in [5.74, 6) is -1.28. The molecule has 1 heterocycles. The third-order valence-corrected chi connectivity index (χ3v) is 4.98. The van der Waals surface area contributed by atoms with Crippen molar-refractivity contribution in [2.75, 3.05) is 13.1 Å². The smallest absolute Gasteiger partial charge is 0.274 e. The Hall–Kier alpha value is -2.44. The maximum Gasteiger partial charge on any atom is 0.333 e. The number of hydrogen-bond donors (Lipinski definition) is 0. The molecule has 3 rings (SSSR count). The minimum atomic E-state index is -1.57. The number of carbonyl (C=O) groups excluding carboxylic acids is 3. The van der Waals surface area contributed by atoms with Gasteiger partial charge in [0.05, 0.1) is 6.54 Å². The molecular formula is C20H17Cl2FN2O3. The summed E-state index contributed by atoms with van der Waals surface area (Å²) in [5, 5.41) is 1.04. The maximum absolute atomic E-state index is 14.6. The van der Waals surface area contributed by atoms with Crippen molar-refractivity contribution in [1.82, 2.24) is 9.80 Å². The van der Waals surface area contributed by atoms with Gasteiger partial charge in [-0.25, -0.2) is 9.18 Å². The van der Waals surface area contributed by atoms with E-state index in [4.69, 9.17) is 23.2 Å². The van der Waals surface area contributed by atoms with Crippen LogP contribution in [0.5, 0.6) is 0 Å². The molecular weight excluding hydrogens is 406 g/mol. The molecule has 2 aromatic rings. The van der Waals surface area contributed by atoms with Crippen molar-refractivity contribution in [2.24, 2.45) is 0 Å². The standard InChI is InChI=1S/C20H17Cl2FN2O3/c21-15-5-1-13(2-6-15)9-10-24-18(26)11-19(27)25(20(24)28)12-17(23)14-3-7-16(22)8-4-14/h1-8,17H,9-12H2. The van der Waals surface area contributed by atoms with Crippen LogP contribution in [-0.2, 0) is 16.0 Å². The Labute approximate surface area is 171 Å². The van der Waals surface area contributed by atoms with Crippen molar-refractivity contribution < 1.29 is 18.8 Å². The van der Waals surface area contributed by atoms with E-state index in [2.05, 4.69) is 0 Å². The van der Waals surface area contributed by atoms with Crippen LogP contribution in [0.25, 0.3) is 0 Å². The van der Waals surface area contributed by atoms with Crippen LogP contribution in [-0.4, -0.2) is 40.7 Å². The van der Waals surface area contributed by atoms with Crippen LogP contribution in [0, 0.1) is 0 Å². The highest BCUT2D eigenvalue weighted by atomic mass is 35.5. The van der Waals surface area contributed by atoms with Gasteiger partial charge in [-0.2, -0.15) is 0 Å². The fraction of sp³-hybridized carbons (Fsp3) is 0.250. The Kier molecular flexibility index (Phi) is 6.31. The highest BCUT2D eigenvalue weighted by Crippen LogP contribution is 2.24. The van der Waals surface area contributed by atoms with Gasteiger partial charge in [-0.05, 0) is 41.8 Å². The van der Waals surface area contributed by atoms with Gasteiger partial charge < -0.3 is 0 Å².